The Morgan fingerprint density at radius 2 is 2.18 bits per heavy atom. The van der Waals surface area contributed by atoms with Crippen molar-refractivity contribution >= 4 is 6.03 Å². The van der Waals surface area contributed by atoms with Crippen LogP contribution in [0.4, 0.5) is 4.79 Å². The fraction of sp³-hybridized carbons (Fsp3) is 0.917. The predicted octanol–water partition coefficient (Wildman–Crippen LogP) is 0.543. The number of nitrogens with zero attached hydrogens (tertiary/aromatic N) is 1. The van der Waals surface area contributed by atoms with Crippen LogP contribution in [0, 0.1) is 5.92 Å². The highest BCUT2D eigenvalue weighted by Gasteiger charge is 2.51. The van der Waals surface area contributed by atoms with Gasteiger partial charge in [0.25, 0.3) is 0 Å². The van der Waals surface area contributed by atoms with Gasteiger partial charge in [0.05, 0.1) is 12.1 Å². The molecule has 0 aromatic rings. The minimum Gasteiger partial charge on any atom is -0.376 e. The van der Waals surface area contributed by atoms with Crippen LogP contribution in [0.15, 0.2) is 0 Å². The molecule has 0 radical (unpaired) electrons. The van der Waals surface area contributed by atoms with E-state index in [1.807, 2.05) is 13.8 Å². The molecule has 1 saturated heterocycles. The average molecular weight is 241 g/mol. The van der Waals surface area contributed by atoms with Crippen LogP contribution in [0.3, 0.4) is 0 Å². The second kappa shape index (κ2) is 5.23. The Labute approximate surface area is 103 Å². The normalized spacial score (nSPS) is 35.7. The zero-order valence-electron chi connectivity index (χ0n) is 10.7. The molecular weight excluding hydrogens is 218 g/mol. The lowest BCUT2D eigenvalue weighted by molar-refractivity contribution is -0.117. The Kier molecular flexibility index (Phi) is 3.89. The first kappa shape index (κ1) is 12.6. The van der Waals surface area contributed by atoms with Crippen LogP contribution in [-0.2, 0) is 4.74 Å². The average Bonchev–Trinajstić information content (AvgIpc) is 2.37. The Morgan fingerprint density at radius 3 is 2.82 bits per heavy atom. The third kappa shape index (κ3) is 2.26. The molecule has 2 aliphatic rings. The summed E-state index contributed by atoms with van der Waals surface area (Å²) in [6.45, 7) is 6.19. The lowest BCUT2D eigenvalue weighted by Gasteiger charge is -2.52. The van der Waals surface area contributed by atoms with Gasteiger partial charge >= 0.3 is 6.03 Å². The zero-order valence-corrected chi connectivity index (χ0v) is 10.7. The van der Waals surface area contributed by atoms with Crippen LogP contribution in [0.2, 0.25) is 0 Å². The van der Waals surface area contributed by atoms with Crippen molar-refractivity contribution in [1.82, 2.24) is 10.2 Å². The van der Waals surface area contributed by atoms with E-state index in [1.165, 1.54) is 0 Å². The number of fused-ring (bicyclic) bond motifs is 1. The Balaban J connectivity index is 1.89. The molecule has 2 rings (SSSR count). The number of nitrogens with one attached hydrogen (secondary N) is 1. The van der Waals surface area contributed by atoms with E-state index in [9.17, 15) is 4.79 Å². The molecule has 0 bridgehead atoms. The van der Waals surface area contributed by atoms with Gasteiger partial charge in [-0.05, 0) is 26.7 Å². The summed E-state index contributed by atoms with van der Waals surface area (Å²) in [5.74, 6) is 0.436. The molecule has 2 amide bonds. The van der Waals surface area contributed by atoms with Crippen molar-refractivity contribution < 1.29 is 9.53 Å². The van der Waals surface area contributed by atoms with Crippen molar-refractivity contribution in [1.29, 1.82) is 0 Å². The Bertz CT molecular complexity index is 281. The third-order valence-electron chi connectivity index (χ3n) is 4.02. The van der Waals surface area contributed by atoms with Crippen LogP contribution in [0.1, 0.15) is 26.7 Å². The van der Waals surface area contributed by atoms with E-state index in [0.717, 1.165) is 32.5 Å². The summed E-state index contributed by atoms with van der Waals surface area (Å²) >= 11 is 0. The summed E-state index contributed by atoms with van der Waals surface area (Å²) in [7, 11) is 0. The van der Waals surface area contributed by atoms with Crippen LogP contribution in [-0.4, -0.2) is 48.8 Å². The minimum atomic E-state index is -0.0249. The quantitative estimate of drug-likeness (QED) is 0.758. The summed E-state index contributed by atoms with van der Waals surface area (Å²) in [5.41, 5.74) is 6.10. The van der Waals surface area contributed by atoms with Gasteiger partial charge in [-0.3, -0.25) is 0 Å². The van der Waals surface area contributed by atoms with Crippen molar-refractivity contribution in [3.8, 4) is 0 Å². The molecule has 98 valence electrons. The van der Waals surface area contributed by atoms with Crippen molar-refractivity contribution in [3.63, 3.8) is 0 Å². The molecule has 0 aromatic heterocycles. The number of rotatable bonds is 3. The van der Waals surface area contributed by atoms with Gasteiger partial charge < -0.3 is 20.7 Å². The molecule has 0 aromatic carbocycles. The first-order chi connectivity index (χ1) is 8.19. The van der Waals surface area contributed by atoms with E-state index in [0.29, 0.717) is 5.92 Å². The van der Waals surface area contributed by atoms with E-state index < -0.39 is 0 Å². The number of carbonyl (C=O) groups excluding carboxylic acids is 1. The Hall–Kier alpha value is -0.810. The summed E-state index contributed by atoms with van der Waals surface area (Å²) < 4.78 is 5.69. The van der Waals surface area contributed by atoms with Gasteiger partial charge in [-0.15, -0.1) is 0 Å². The van der Waals surface area contributed by atoms with Crippen LogP contribution in [0.5, 0.6) is 0 Å². The largest absolute Gasteiger partial charge is 0.376 e. The van der Waals surface area contributed by atoms with Gasteiger partial charge in [0, 0.05) is 31.7 Å². The lowest BCUT2D eigenvalue weighted by atomic mass is 9.69. The van der Waals surface area contributed by atoms with Gasteiger partial charge in [-0.1, -0.05) is 0 Å². The first-order valence-electron chi connectivity index (χ1n) is 6.61. The number of hydrogen-bond donors (Lipinski definition) is 2. The monoisotopic (exact) mass is 241 g/mol. The highest BCUT2D eigenvalue weighted by molar-refractivity contribution is 5.74. The van der Waals surface area contributed by atoms with E-state index >= 15 is 0 Å². The zero-order chi connectivity index (χ0) is 12.4. The van der Waals surface area contributed by atoms with E-state index in [-0.39, 0.29) is 24.2 Å². The third-order valence-corrected chi connectivity index (χ3v) is 4.02. The lowest BCUT2D eigenvalue weighted by Crippen LogP contribution is -2.72. The van der Waals surface area contributed by atoms with E-state index in [1.54, 1.807) is 4.90 Å². The summed E-state index contributed by atoms with van der Waals surface area (Å²) in [5, 5.41) is 3.00. The highest BCUT2D eigenvalue weighted by Crippen LogP contribution is 2.36. The Morgan fingerprint density at radius 1 is 1.47 bits per heavy atom. The maximum Gasteiger partial charge on any atom is 0.317 e. The molecule has 3 N–H and O–H groups in total. The number of urea groups is 1. The smallest absolute Gasteiger partial charge is 0.317 e. The summed E-state index contributed by atoms with van der Waals surface area (Å²) in [6, 6.07) is 0.0243. The molecule has 1 saturated carbocycles. The van der Waals surface area contributed by atoms with E-state index in [4.69, 9.17) is 10.5 Å². The second-order valence-corrected chi connectivity index (χ2v) is 4.87. The highest BCUT2D eigenvalue weighted by atomic mass is 16.5. The van der Waals surface area contributed by atoms with Crippen molar-refractivity contribution in [2.45, 2.75) is 44.9 Å². The minimum absolute atomic E-state index is 0.00611. The second-order valence-electron chi connectivity index (χ2n) is 4.87. The van der Waals surface area contributed by atoms with Gasteiger partial charge in [0.15, 0.2) is 0 Å². The van der Waals surface area contributed by atoms with Crippen molar-refractivity contribution in [2.75, 3.05) is 19.7 Å². The fourth-order valence-corrected chi connectivity index (χ4v) is 2.87. The standard InChI is InChI=1S/C12H23N3O2/c1-3-15(4-2)12(16)14-10-9(13)8-6-5-7-17-11(8)10/h8-11H,3-7,13H2,1-2H3,(H,14,16). The van der Waals surface area contributed by atoms with E-state index in [2.05, 4.69) is 5.32 Å². The summed E-state index contributed by atoms with van der Waals surface area (Å²) in [4.78, 5) is 13.7. The van der Waals surface area contributed by atoms with Crippen LogP contribution < -0.4 is 11.1 Å². The molecule has 0 spiro atoms. The number of amides is 2. The van der Waals surface area contributed by atoms with Crippen LogP contribution >= 0.6 is 0 Å². The fourth-order valence-electron chi connectivity index (χ4n) is 2.87. The number of nitrogens with two attached hydrogens (primary N) is 1. The molecule has 17 heavy (non-hydrogen) atoms. The number of hydrogen-bond acceptors (Lipinski definition) is 3. The SMILES string of the molecule is CCN(CC)C(=O)NC1C(N)C2CCCOC21. The topological polar surface area (TPSA) is 67.6 Å². The summed E-state index contributed by atoms with van der Waals surface area (Å²) in [6.07, 6.45) is 2.35. The maximum absolute atomic E-state index is 11.9. The molecule has 1 heterocycles. The van der Waals surface area contributed by atoms with Gasteiger partial charge in [0.2, 0.25) is 0 Å². The maximum atomic E-state index is 11.9. The van der Waals surface area contributed by atoms with Crippen molar-refractivity contribution in [2.24, 2.45) is 11.7 Å². The molecule has 5 heteroatoms. The van der Waals surface area contributed by atoms with Gasteiger partial charge in [-0.2, -0.15) is 0 Å². The van der Waals surface area contributed by atoms with Crippen molar-refractivity contribution in [3.05, 3.63) is 0 Å². The molecule has 1 aliphatic heterocycles. The number of carbonyl (C=O) groups is 1. The van der Waals surface area contributed by atoms with Gasteiger partial charge in [0.1, 0.15) is 0 Å². The molecule has 5 nitrogen and oxygen atoms in total. The molecule has 2 fully saturated rings. The number of ether oxygens (including phenoxy) is 1. The molecule has 1 aliphatic carbocycles. The molecular formula is C12H23N3O2. The van der Waals surface area contributed by atoms with Crippen LogP contribution in [0.25, 0.3) is 0 Å². The molecule has 4 atom stereocenters. The molecule has 4 unspecified atom stereocenters. The first-order valence-corrected chi connectivity index (χ1v) is 6.61. The van der Waals surface area contributed by atoms with Gasteiger partial charge in [-0.25, -0.2) is 4.79 Å². The predicted molar refractivity (Wildman–Crippen MR) is 65.7 cm³/mol.